The van der Waals surface area contributed by atoms with Crippen LogP contribution >= 0.6 is 22.7 Å². The van der Waals surface area contributed by atoms with E-state index in [1.54, 1.807) is 28.8 Å². The number of aliphatic imine (C=N–C) groups is 1. The van der Waals surface area contributed by atoms with Gasteiger partial charge in [-0.1, -0.05) is 12.5 Å². The van der Waals surface area contributed by atoms with Crippen molar-refractivity contribution in [3.8, 4) is 0 Å². The van der Waals surface area contributed by atoms with Crippen molar-refractivity contribution >= 4 is 38.7 Å². The molecular formula is C19H28N4O2S3. The number of likely N-dealkylation sites (N-methyl/N-ethyl adjacent to an activating group) is 1. The Balaban J connectivity index is 1.55. The minimum atomic E-state index is -3.35. The molecule has 9 heteroatoms. The van der Waals surface area contributed by atoms with Crippen LogP contribution in [-0.2, 0) is 23.0 Å². The van der Waals surface area contributed by atoms with E-state index in [9.17, 15) is 8.42 Å². The molecule has 1 saturated heterocycles. The van der Waals surface area contributed by atoms with Gasteiger partial charge in [0.05, 0.1) is 6.54 Å². The first-order valence-electron chi connectivity index (χ1n) is 9.54. The molecular weight excluding hydrogens is 412 g/mol. The number of nitrogens with zero attached hydrogens (tertiary/aromatic N) is 3. The molecule has 2 aromatic heterocycles. The molecule has 3 heterocycles. The van der Waals surface area contributed by atoms with Crippen molar-refractivity contribution in [3.63, 3.8) is 0 Å². The molecule has 2 aromatic rings. The van der Waals surface area contributed by atoms with Gasteiger partial charge in [-0.3, -0.25) is 4.99 Å². The molecule has 0 spiro atoms. The zero-order valence-electron chi connectivity index (χ0n) is 16.4. The second-order valence-corrected chi connectivity index (χ2v) is 11.2. The summed E-state index contributed by atoms with van der Waals surface area (Å²) in [5, 5.41) is 5.43. The zero-order valence-corrected chi connectivity index (χ0v) is 18.9. The molecule has 0 radical (unpaired) electrons. The van der Waals surface area contributed by atoms with E-state index in [0.717, 1.165) is 43.1 Å². The van der Waals surface area contributed by atoms with E-state index in [0.29, 0.717) is 23.8 Å². The van der Waals surface area contributed by atoms with Crippen LogP contribution in [0.4, 0.5) is 0 Å². The molecule has 1 aliphatic rings. The minimum absolute atomic E-state index is 0.437. The Kier molecular flexibility index (Phi) is 7.50. The number of sulfonamides is 1. The first-order chi connectivity index (χ1) is 13.5. The fourth-order valence-electron chi connectivity index (χ4n) is 3.21. The van der Waals surface area contributed by atoms with Gasteiger partial charge in [0, 0.05) is 43.5 Å². The summed E-state index contributed by atoms with van der Waals surface area (Å²) in [6.45, 7) is 2.71. The fourth-order valence-corrected chi connectivity index (χ4v) is 6.88. The number of hydrogen-bond acceptors (Lipinski definition) is 5. The third-order valence-corrected chi connectivity index (χ3v) is 9.20. The van der Waals surface area contributed by atoms with Crippen LogP contribution in [0.25, 0.3) is 0 Å². The number of hydrogen-bond donors (Lipinski definition) is 1. The summed E-state index contributed by atoms with van der Waals surface area (Å²) in [6, 6.07) is 7.84. The van der Waals surface area contributed by atoms with Crippen molar-refractivity contribution in [1.82, 2.24) is 14.5 Å². The van der Waals surface area contributed by atoms with E-state index < -0.39 is 10.0 Å². The molecule has 0 amide bonds. The number of rotatable bonds is 7. The molecule has 0 saturated carbocycles. The van der Waals surface area contributed by atoms with E-state index in [4.69, 9.17) is 0 Å². The lowest BCUT2D eigenvalue weighted by Crippen LogP contribution is -2.39. The molecule has 28 heavy (non-hydrogen) atoms. The van der Waals surface area contributed by atoms with Gasteiger partial charge in [-0.25, -0.2) is 8.42 Å². The maximum Gasteiger partial charge on any atom is 0.252 e. The number of guanidine groups is 1. The van der Waals surface area contributed by atoms with Gasteiger partial charge in [-0.05, 0) is 42.8 Å². The molecule has 0 unspecified atom stereocenters. The SMILES string of the molecule is CN=C(NCc1ccc(S(=O)(=O)N2CCCCC2)s1)N(C)CCc1cccs1. The summed E-state index contributed by atoms with van der Waals surface area (Å²) in [6.07, 6.45) is 4.00. The maximum absolute atomic E-state index is 12.8. The summed E-state index contributed by atoms with van der Waals surface area (Å²) in [7, 11) is 0.435. The lowest BCUT2D eigenvalue weighted by atomic mass is 10.2. The van der Waals surface area contributed by atoms with Gasteiger partial charge in [0.25, 0.3) is 10.0 Å². The summed E-state index contributed by atoms with van der Waals surface area (Å²) in [5.74, 6) is 0.811. The minimum Gasteiger partial charge on any atom is -0.351 e. The molecule has 0 atom stereocenters. The standard InChI is InChI=1S/C19H28N4O2S3/c1-20-19(22(2)13-10-16-7-6-14-26-16)21-15-17-8-9-18(27-17)28(24,25)23-11-4-3-5-12-23/h6-9,14H,3-5,10-13,15H2,1-2H3,(H,20,21). The Morgan fingerprint density at radius 2 is 2.00 bits per heavy atom. The van der Waals surface area contributed by atoms with Crippen LogP contribution in [0.3, 0.4) is 0 Å². The Hall–Kier alpha value is -1.42. The third-order valence-electron chi connectivity index (χ3n) is 4.81. The van der Waals surface area contributed by atoms with Crippen LogP contribution in [0.2, 0.25) is 0 Å². The molecule has 1 fully saturated rings. The van der Waals surface area contributed by atoms with Crippen LogP contribution in [0, 0.1) is 0 Å². The van der Waals surface area contributed by atoms with Gasteiger partial charge in [0.1, 0.15) is 4.21 Å². The van der Waals surface area contributed by atoms with E-state index in [1.807, 2.05) is 13.1 Å². The lowest BCUT2D eigenvalue weighted by molar-refractivity contribution is 0.347. The molecule has 6 nitrogen and oxygen atoms in total. The van der Waals surface area contributed by atoms with Crippen LogP contribution in [0.5, 0.6) is 0 Å². The molecule has 3 rings (SSSR count). The lowest BCUT2D eigenvalue weighted by Gasteiger charge is -2.25. The van der Waals surface area contributed by atoms with Crippen molar-refractivity contribution in [2.24, 2.45) is 4.99 Å². The molecule has 154 valence electrons. The molecule has 0 aromatic carbocycles. The fraction of sp³-hybridized carbons (Fsp3) is 0.526. The highest BCUT2D eigenvalue weighted by Gasteiger charge is 2.27. The van der Waals surface area contributed by atoms with Gasteiger partial charge < -0.3 is 10.2 Å². The summed E-state index contributed by atoms with van der Waals surface area (Å²) in [4.78, 5) is 8.78. The monoisotopic (exact) mass is 440 g/mol. The number of nitrogens with one attached hydrogen (secondary N) is 1. The molecule has 1 aliphatic heterocycles. The Labute approximate surface area is 176 Å². The van der Waals surface area contributed by atoms with Gasteiger partial charge in [-0.15, -0.1) is 22.7 Å². The van der Waals surface area contributed by atoms with Crippen molar-refractivity contribution in [2.75, 3.05) is 33.7 Å². The number of piperidine rings is 1. The normalized spacial score (nSPS) is 16.3. The van der Waals surface area contributed by atoms with Crippen LogP contribution in [-0.4, -0.2) is 57.3 Å². The van der Waals surface area contributed by atoms with E-state index in [-0.39, 0.29) is 0 Å². The van der Waals surface area contributed by atoms with Gasteiger partial charge in [0.15, 0.2) is 5.96 Å². The molecule has 0 bridgehead atoms. The third kappa shape index (κ3) is 5.34. The van der Waals surface area contributed by atoms with E-state index in [2.05, 4.69) is 32.7 Å². The summed E-state index contributed by atoms with van der Waals surface area (Å²) < 4.78 is 27.6. The van der Waals surface area contributed by atoms with Gasteiger partial charge in [-0.2, -0.15) is 4.31 Å². The summed E-state index contributed by atoms with van der Waals surface area (Å²) in [5.41, 5.74) is 0. The Morgan fingerprint density at radius 1 is 1.21 bits per heavy atom. The van der Waals surface area contributed by atoms with Crippen LogP contribution in [0.1, 0.15) is 29.0 Å². The predicted molar refractivity (Wildman–Crippen MR) is 118 cm³/mol. The van der Waals surface area contributed by atoms with Crippen molar-refractivity contribution < 1.29 is 8.42 Å². The molecule has 0 aliphatic carbocycles. The average molecular weight is 441 g/mol. The van der Waals surface area contributed by atoms with E-state index in [1.165, 1.54) is 16.2 Å². The second kappa shape index (κ2) is 9.87. The highest BCUT2D eigenvalue weighted by atomic mass is 32.2. The Morgan fingerprint density at radius 3 is 2.68 bits per heavy atom. The largest absolute Gasteiger partial charge is 0.351 e. The van der Waals surface area contributed by atoms with Crippen molar-refractivity contribution in [2.45, 2.75) is 36.4 Å². The van der Waals surface area contributed by atoms with Crippen LogP contribution in [0.15, 0.2) is 38.8 Å². The average Bonchev–Trinajstić information content (AvgIpc) is 3.40. The predicted octanol–water partition coefficient (Wildman–Crippen LogP) is 3.23. The second-order valence-electron chi connectivity index (χ2n) is 6.84. The van der Waals surface area contributed by atoms with Crippen LogP contribution < -0.4 is 5.32 Å². The summed E-state index contributed by atoms with van der Waals surface area (Å²) >= 11 is 3.11. The van der Waals surface area contributed by atoms with Crippen molar-refractivity contribution in [3.05, 3.63) is 39.4 Å². The van der Waals surface area contributed by atoms with E-state index >= 15 is 0 Å². The highest BCUT2D eigenvalue weighted by Crippen LogP contribution is 2.27. The number of thiophene rings is 2. The topological polar surface area (TPSA) is 65.0 Å². The van der Waals surface area contributed by atoms with Gasteiger partial charge in [0.2, 0.25) is 0 Å². The zero-order chi connectivity index (χ0) is 20.0. The molecule has 1 N–H and O–H groups in total. The quantitative estimate of drug-likeness (QED) is 0.530. The first-order valence-corrected chi connectivity index (χ1v) is 12.7. The highest BCUT2D eigenvalue weighted by molar-refractivity contribution is 7.91. The Bertz CT molecular complexity index is 869. The smallest absolute Gasteiger partial charge is 0.252 e. The maximum atomic E-state index is 12.8. The first kappa shape index (κ1) is 21.3. The van der Waals surface area contributed by atoms with Gasteiger partial charge >= 0.3 is 0 Å². The van der Waals surface area contributed by atoms with Crippen molar-refractivity contribution in [1.29, 1.82) is 0 Å².